The SMILES string of the molecule is CCC1(c2ccc(OC)c(C)c2)NC(=O)N(CC(=O)NCC(=O)O)C1=O. The molecule has 0 aliphatic carbocycles. The standard InChI is InChI=1S/C17H21N3O6/c1-4-17(11-5-6-12(26-3)10(2)7-11)15(24)20(16(25)19-17)9-13(21)18-8-14(22)23/h5-7H,4,8-9H2,1-3H3,(H,18,21)(H,19,25)(H,22,23). The van der Waals surface area contributed by atoms with Crippen LogP contribution in [0.25, 0.3) is 0 Å². The third-order valence-corrected chi connectivity index (χ3v) is 4.33. The van der Waals surface area contributed by atoms with E-state index in [1.165, 1.54) is 7.11 Å². The van der Waals surface area contributed by atoms with Gasteiger partial charge in [-0.15, -0.1) is 0 Å². The molecule has 0 saturated carbocycles. The van der Waals surface area contributed by atoms with Gasteiger partial charge in [0.05, 0.1) is 7.11 Å². The number of hydrogen-bond donors (Lipinski definition) is 3. The number of benzene rings is 1. The van der Waals surface area contributed by atoms with Gasteiger partial charge in [0.2, 0.25) is 5.91 Å². The Bertz CT molecular complexity index is 763. The Labute approximate surface area is 150 Å². The normalized spacial score (nSPS) is 19.3. The highest BCUT2D eigenvalue weighted by molar-refractivity contribution is 6.09. The minimum absolute atomic E-state index is 0.288. The summed E-state index contributed by atoms with van der Waals surface area (Å²) >= 11 is 0. The summed E-state index contributed by atoms with van der Waals surface area (Å²) in [6.45, 7) is 2.45. The average molecular weight is 363 g/mol. The molecule has 0 radical (unpaired) electrons. The number of rotatable bonds is 7. The summed E-state index contributed by atoms with van der Waals surface area (Å²) in [5.74, 6) is -1.84. The molecule has 1 unspecified atom stereocenters. The number of carbonyl (C=O) groups is 4. The highest BCUT2D eigenvalue weighted by atomic mass is 16.5. The summed E-state index contributed by atoms with van der Waals surface area (Å²) in [7, 11) is 1.54. The fraction of sp³-hybridized carbons (Fsp3) is 0.412. The number of aryl methyl sites for hydroxylation is 1. The summed E-state index contributed by atoms with van der Waals surface area (Å²) in [5, 5.41) is 13.4. The van der Waals surface area contributed by atoms with Crippen LogP contribution in [0.15, 0.2) is 18.2 Å². The van der Waals surface area contributed by atoms with Gasteiger partial charge in [-0.1, -0.05) is 13.0 Å². The van der Waals surface area contributed by atoms with Crippen molar-refractivity contribution < 1.29 is 29.0 Å². The molecule has 0 spiro atoms. The molecule has 2 rings (SSSR count). The Morgan fingerprint density at radius 2 is 2.04 bits per heavy atom. The van der Waals surface area contributed by atoms with Gasteiger partial charge in [0.25, 0.3) is 5.91 Å². The lowest BCUT2D eigenvalue weighted by Crippen LogP contribution is -2.45. The van der Waals surface area contributed by atoms with E-state index in [9.17, 15) is 19.2 Å². The van der Waals surface area contributed by atoms with Crippen LogP contribution in [0, 0.1) is 6.92 Å². The van der Waals surface area contributed by atoms with E-state index in [4.69, 9.17) is 9.84 Å². The molecule has 9 heteroatoms. The zero-order valence-electron chi connectivity index (χ0n) is 14.8. The smallest absolute Gasteiger partial charge is 0.325 e. The molecule has 3 N–H and O–H groups in total. The van der Waals surface area contributed by atoms with Gasteiger partial charge in [-0.3, -0.25) is 19.3 Å². The lowest BCUT2D eigenvalue weighted by molar-refractivity contribution is -0.138. The zero-order valence-corrected chi connectivity index (χ0v) is 14.8. The maximum atomic E-state index is 12.9. The predicted molar refractivity (Wildman–Crippen MR) is 90.6 cm³/mol. The van der Waals surface area contributed by atoms with Gasteiger partial charge in [0.15, 0.2) is 0 Å². The van der Waals surface area contributed by atoms with E-state index in [1.54, 1.807) is 25.1 Å². The Morgan fingerprint density at radius 3 is 2.58 bits per heavy atom. The second kappa shape index (κ2) is 7.42. The van der Waals surface area contributed by atoms with Crippen LogP contribution >= 0.6 is 0 Å². The van der Waals surface area contributed by atoms with Crippen molar-refractivity contribution in [1.29, 1.82) is 0 Å². The average Bonchev–Trinajstić information content (AvgIpc) is 2.85. The summed E-state index contributed by atoms with van der Waals surface area (Å²) in [6.07, 6.45) is 0.288. The van der Waals surface area contributed by atoms with Crippen LogP contribution in [-0.2, 0) is 19.9 Å². The van der Waals surface area contributed by atoms with Crippen LogP contribution in [0.5, 0.6) is 5.75 Å². The molecule has 0 bridgehead atoms. The molecule has 4 amide bonds. The number of carboxylic acid groups (broad SMARTS) is 1. The second-order valence-electron chi connectivity index (χ2n) is 5.94. The van der Waals surface area contributed by atoms with E-state index >= 15 is 0 Å². The molecule has 1 saturated heterocycles. The molecule has 1 aromatic rings. The first-order valence-corrected chi connectivity index (χ1v) is 8.03. The Kier molecular flexibility index (Phi) is 5.49. The van der Waals surface area contributed by atoms with Crippen LogP contribution in [-0.4, -0.2) is 54.0 Å². The fourth-order valence-electron chi connectivity index (χ4n) is 2.93. The number of imide groups is 1. The number of nitrogens with one attached hydrogen (secondary N) is 2. The first kappa shape index (κ1) is 19.2. The van der Waals surface area contributed by atoms with Crippen molar-refractivity contribution in [2.24, 2.45) is 0 Å². The number of ether oxygens (including phenoxy) is 1. The van der Waals surface area contributed by atoms with Crippen LogP contribution in [0.3, 0.4) is 0 Å². The topological polar surface area (TPSA) is 125 Å². The number of urea groups is 1. The van der Waals surface area contributed by atoms with Gasteiger partial charge in [-0.05, 0) is 36.6 Å². The molecule has 1 atom stereocenters. The van der Waals surface area contributed by atoms with E-state index in [2.05, 4.69) is 10.6 Å². The lowest BCUT2D eigenvalue weighted by Gasteiger charge is -2.26. The summed E-state index contributed by atoms with van der Waals surface area (Å²) in [5.41, 5.74) is 0.115. The van der Waals surface area contributed by atoms with Gasteiger partial charge in [-0.2, -0.15) is 0 Å². The molecular formula is C17H21N3O6. The lowest BCUT2D eigenvalue weighted by atomic mass is 9.86. The van der Waals surface area contributed by atoms with Crippen molar-refractivity contribution in [2.45, 2.75) is 25.8 Å². The Morgan fingerprint density at radius 1 is 1.35 bits per heavy atom. The minimum Gasteiger partial charge on any atom is -0.496 e. The monoisotopic (exact) mass is 363 g/mol. The third kappa shape index (κ3) is 3.46. The number of nitrogens with zero attached hydrogens (tertiary/aromatic N) is 1. The van der Waals surface area contributed by atoms with E-state index in [-0.39, 0.29) is 6.42 Å². The molecule has 1 heterocycles. The fourth-order valence-corrected chi connectivity index (χ4v) is 2.93. The first-order chi connectivity index (χ1) is 12.2. The van der Waals surface area contributed by atoms with Crippen molar-refractivity contribution in [3.05, 3.63) is 29.3 Å². The predicted octanol–water partition coefficient (Wildman–Crippen LogP) is 0.362. The highest BCUT2D eigenvalue weighted by Gasteiger charge is 2.51. The van der Waals surface area contributed by atoms with Gasteiger partial charge < -0.3 is 20.5 Å². The number of carboxylic acids is 1. The number of hydrogen-bond acceptors (Lipinski definition) is 5. The Hall–Kier alpha value is -3.10. The molecule has 1 aliphatic heterocycles. The molecule has 1 aliphatic rings. The summed E-state index contributed by atoms with van der Waals surface area (Å²) < 4.78 is 5.21. The highest BCUT2D eigenvalue weighted by Crippen LogP contribution is 2.34. The third-order valence-electron chi connectivity index (χ3n) is 4.33. The van der Waals surface area contributed by atoms with Crippen LogP contribution in [0.1, 0.15) is 24.5 Å². The van der Waals surface area contributed by atoms with Crippen LogP contribution < -0.4 is 15.4 Å². The van der Waals surface area contributed by atoms with Gasteiger partial charge in [0.1, 0.15) is 24.4 Å². The van der Waals surface area contributed by atoms with Crippen molar-refractivity contribution in [1.82, 2.24) is 15.5 Å². The van der Waals surface area contributed by atoms with Gasteiger partial charge >= 0.3 is 12.0 Å². The second-order valence-corrected chi connectivity index (χ2v) is 5.94. The van der Waals surface area contributed by atoms with E-state index in [1.807, 2.05) is 6.92 Å². The number of aliphatic carboxylic acids is 1. The maximum absolute atomic E-state index is 12.9. The minimum atomic E-state index is -1.28. The van der Waals surface area contributed by atoms with Crippen molar-refractivity contribution in [3.8, 4) is 5.75 Å². The summed E-state index contributed by atoms with van der Waals surface area (Å²) in [4.78, 5) is 48.3. The number of methoxy groups -OCH3 is 1. The van der Waals surface area contributed by atoms with Gasteiger partial charge in [0, 0.05) is 0 Å². The van der Waals surface area contributed by atoms with E-state index in [0.717, 1.165) is 10.5 Å². The van der Waals surface area contributed by atoms with Crippen molar-refractivity contribution >= 4 is 23.8 Å². The van der Waals surface area contributed by atoms with Crippen molar-refractivity contribution in [2.75, 3.05) is 20.2 Å². The Balaban J connectivity index is 2.27. The van der Waals surface area contributed by atoms with E-state index in [0.29, 0.717) is 11.3 Å². The van der Waals surface area contributed by atoms with Gasteiger partial charge in [-0.25, -0.2) is 4.79 Å². The first-order valence-electron chi connectivity index (χ1n) is 8.03. The number of amides is 4. The summed E-state index contributed by atoms with van der Waals surface area (Å²) in [6, 6.07) is 4.47. The largest absolute Gasteiger partial charge is 0.496 e. The quantitative estimate of drug-likeness (QED) is 0.601. The molecule has 0 aromatic heterocycles. The van der Waals surface area contributed by atoms with Crippen LogP contribution in [0.4, 0.5) is 4.79 Å². The molecule has 9 nitrogen and oxygen atoms in total. The zero-order chi connectivity index (χ0) is 19.5. The molecule has 1 aromatic carbocycles. The van der Waals surface area contributed by atoms with Crippen molar-refractivity contribution in [3.63, 3.8) is 0 Å². The molecule has 26 heavy (non-hydrogen) atoms. The van der Waals surface area contributed by atoms with E-state index < -0.39 is 42.4 Å². The van der Waals surface area contributed by atoms with Crippen LogP contribution in [0.2, 0.25) is 0 Å². The molecular weight excluding hydrogens is 342 g/mol. The molecule has 1 fully saturated rings. The number of carbonyl (C=O) groups excluding carboxylic acids is 3. The molecule has 140 valence electrons. The maximum Gasteiger partial charge on any atom is 0.325 e.